The van der Waals surface area contributed by atoms with Crippen LogP contribution in [0, 0.1) is 13.8 Å². The van der Waals surface area contributed by atoms with Gasteiger partial charge in [0.25, 0.3) is 17.7 Å². The van der Waals surface area contributed by atoms with Gasteiger partial charge in [-0.25, -0.2) is 0 Å². The van der Waals surface area contributed by atoms with Crippen molar-refractivity contribution in [1.29, 1.82) is 0 Å². The molecule has 0 spiro atoms. The first-order valence-corrected chi connectivity index (χ1v) is 11.8. The fraction of sp³-hybridized carbons (Fsp3) is 0.0769. The quantitative estimate of drug-likeness (QED) is 0.202. The SMILES string of the molecule is Cc1cc(N)c(NC(=O)c2ccc(NC(=O)c3[nH]ncc3NC(=O)c3c(Cl)cccc3Cl)cc2)cc1C. The number of halogens is 2. The van der Waals surface area contributed by atoms with Crippen molar-refractivity contribution in [2.45, 2.75) is 13.8 Å². The van der Waals surface area contributed by atoms with E-state index in [-0.39, 0.29) is 32.9 Å². The Bertz CT molecular complexity index is 1500. The molecule has 37 heavy (non-hydrogen) atoms. The average Bonchev–Trinajstić information content (AvgIpc) is 3.31. The smallest absolute Gasteiger partial charge is 0.275 e. The molecule has 0 bridgehead atoms. The molecule has 0 saturated heterocycles. The number of aromatic nitrogens is 2. The van der Waals surface area contributed by atoms with Crippen LogP contribution in [0.1, 0.15) is 42.3 Å². The number of aryl methyl sites for hydroxylation is 2. The number of hydrogen-bond acceptors (Lipinski definition) is 5. The van der Waals surface area contributed by atoms with Gasteiger partial charge in [-0.15, -0.1) is 0 Å². The van der Waals surface area contributed by atoms with Crippen molar-refractivity contribution in [3.63, 3.8) is 0 Å². The van der Waals surface area contributed by atoms with E-state index < -0.39 is 11.8 Å². The molecule has 3 aromatic carbocycles. The van der Waals surface area contributed by atoms with E-state index in [4.69, 9.17) is 28.9 Å². The second kappa shape index (κ2) is 10.7. The van der Waals surface area contributed by atoms with Crippen molar-refractivity contribution >= 4 is 63.7 Å². The summed E-state index contributed by atoms with van der Waals surface area (Å²) in [6.07, 6.45) is 1.30. The maximum absolute atomic E-state index is 12.8. The van der Waals surface area contributed by atoms with Gasteiger partial charge in [0, 0.05) is 11.3 Å². The summed E-state index contributed by atoms with van der Waals surface area (Å²) in [5.41, 5.74) is 10.1. The molecule has 0 aliphatic carbocycles. The van der Waals surface area contributed by atoms with Crippen LogP contribution in [0.15, 0.2) is 60.8 Å². The Labute approximate surface area is 222 Å². The zero-order valence-corrected chi connectivity index (χ0v) is 21.3. The highest BCUT2D eigenvalue weighted by atomic mass is 35.5. The van der Waals surface area contributed by atoms with Crippen molar-refractivity contribution < 1.29 is 14.4 Å². The van der Waals surface area contributed by atoms with Gasteiger partial charge in [0.2, 0.25) is 0 Å². The van der Waals surface area contributed by atoms with E-state index in [0.717, 1.165) is 11.1 Å². The van der Waals surface area contributed by atoms with E-state index in [1.807, 2.05) is 19.9 Å². The monoisotopic (exact) mass is 536 g/mol. The Morgan fingerprint density at radius 2 is 1.43 bits per heavy atom. The lowest BCUT2D eigenvalue weighted by atomic mass is 10.1. The van der Waals surface area contributed by atoms with E-state index in [0.29, 0.717) is 22.6 Å². The average molecular weight is 537 g/mol. The van der Waals surface area contributed by atoms with Gasteiger partial charge in [-0.2, -0.15) is 5.10 Å². The third-order valence-electron chi connectivity index (χ3n) is 5.62. The molecular formula is C26H22Cl2N6O3. The largest absolute Gasteiger partial charge is 0.397 e. The number of anilines is 4. The maximum atomic E-state index is 12.8. The highest BCUT2D eigenvalue weighted by molar-refractivity contribution is 6.40. The summed E-state index contributed by atoms with van der Waals surface area (Å²) in [4.78, 5) is 38.2. The molecule has 0 saturated carbocycles. The summed E-state index contributed by atoms with van der Waals surface area (Å²) >= 11 is 12.2. The highest BCUT2D eigenvalue weighted by Crippen LogP contribution is 2.26. The molecule has 6 N–H and O–H groups in total. The van der Waals surface area contributed by atoms with E-state index in [1.165, 1.54) is 18.3 Å². The number of hydrogen-bond donors (Lipinski definition) is 5. The first-order valence-electron chi connectivity index (χ1n) is 11.0. The highest BCUT2D eigenvalue weighted by Gasteiger charge is 2.20. The molecule has 0 aliphatic rings. The molecule has 0 unspecified atom stereocenters. The van der Waals surface area contributed by atoms with Crippen molar-refractivity contribution in [2.75, 3.05) is 21.7 Å². The van der Waals surface area contributed by atoms with Crippen molar-refractivity contribution in [3.05, 3.63) is 98.8 Å². The van der Waals surface area contributed by atoms with E-state index in [1.54, 1.807) is 36.4 Å². The van der Waals surface area contributed by atoms with E-state index in [2.05, 4.69) is 26.1 Å². The number of amides is 3. The predicted octanol–water partition coefficient (Wildman–Crippen LogP) is 5.67. The van der Waals surface area contributed by atoms with Crippen LogP contribution in [0.25, 0.3) is 0 Å². The molecule has 0 atom stereocenters. The summed E-state index contributed by atoms with van der Waals surface area (Å²) in [6.45, 7) is 3.88. The summed E-state index contributed by atoms with van der Waals surface area (Å²) < 4.78 is 0. The van der Waals surface area contributed by atoms with Gasteiger partial charge >= 0.3 is 0 Å². The minimum Gasteiger partial charge on any atom is -0.397 e. The minimum absolute atomic E-state index is 0.0172. The molecule has 9 nitrogen and oxygen atoms in total. The summed E-state index contributed by atoms with van der Waals surface area (Å²) in [6, 6.07) is 14.6. The minimum atomic E-state index is -0.592. The summed E-state index contributed by atoms with van der Waals surface area (Å²) in [5.74, 6) is -1.49. The zero-order valence-electron chi connectivity index (χ0n) is 19.8. The van der Waals surface area contributed by atoms with Crippen LogP contribution in [-0.4, -0.2) is 27.9 Å². The Hall–Kier alpha value is -4.34. The molecule has 188 valence electrons. The fourth-order valence-electron chi connectivity index (χ4n) is 3.49. The molecule has 3 amide bonds. The molecule has 11 heteroatoms. The standard InChI is InChI=1S/C26H22Cl2N6O3/c1-13-10-19(29)20(11-14(13)2)32-24(35)15-6-8-16(9-7-15)31-26(37)23-21(12-30-34-23)33-25(36)22-17(27)4-3-5-18(22)28/h3-12H,29H2,1-2H3,(H,30,34)(H,31,37)(H,32,35)(H,33,36). The third-order valence-corrected chi connectivity index (χ3v) is 6.25. The van der Waals surface area contributed by atoms with Crippen LogP contribution in [0.3, 0.4) is 0 Å². The fourth-order valence-corrected chi connectivity index (χ4v) is 4.06. The number of aromatic amines is 1. The molecule has 4 rings (SSSR count). The second-order valence-corrected chi connectivity index (χ2v) is 9.03. The van der Waals surface area contributed by atoms with Gasteiger partial charge in [0.1, 0.15) is 5.69 Å². The number of nitrogens with two attached hydrogens (primary N) is 1. The molecule has 0 aliphatic heterocycles. The first kappa shape index (κ1) is 25.7. The third kappa shape index (κ3) is 5.74. The van der Waals surface area contributed by atoms with Crippen LogP contribution in [0.2, 0.25) is 10.0 Å². The number of carbonyl (C=O) groups excluding carboxylic acids is 3. The van der Waals surface area contributed by atoms with E-state index in [9.17, 15) is 14.4 Å². The first-order chi connectivity index (χ1) is 17.6. The Balaban J connectivity index is 1.43. The zero-order chi connectivity index (χ0) is 26.7. The Morgan fingerprint density at radius 1 is 0.811 bits per heavy atom. The van der Waals surface area contributed by atoms with Gasteiger partial charge in [-0.3, -0.25) is 19.5 Å². The number of nitrogens with one attached hydrogen (secondary N) is 4. The van der Waals surface area contributed by atoms with Gasteiger partial charge < -0.3 is 21.7 Å². The number of H-pyrrole nitrogens is 1. The lowest BCUT2D eigenvalue weighted by Gasteiger charge is -2.12. The predicted molar refractivity (Wildman–Crippen MR) is 146 cm³/mol. The lowest BCUT2D eigenvalue weighted by Crippen LogP contribution is -2.18. The number of nitrogen functional groups attached to an aromatic ring is 1. The van der Waals surface area contributed by atoms with Crippen LogP contribution in [0.4, 0.5) is 22.7 Å². The van der Waals surface area contributed by atoms with Gasteiger partial charge in [0.05, 0.1) is 38.9 Å². The van der Waals surface area contributed by atoms with E-state index >= 15 is 0 Å². The maximum Gasteiger partial charge on any atom is 0.275 e. The molecule has 0 radical (unpaired) electrons. The normalized spacial score (nSPS) is 10.6. The van der Waals surface area contributed by atoms with Crippen LogP contribution in [0.5, 0.6) is 0 Å². The molecular weight excluding hydrogens is 515 g/mol. The molecule has 1 heterocycles. The van der Waals surface area contributed by atoms with Crippen LogP contribution < -0.4 is 21.7 Å². The van der Waals surface area contributed by atoms with Gasteiger partial charge in [-0.05, 0) is 73.5 Å². The topological polar surface area (TPSA) is 142 Å². The van der Waals surface area contributed by atoms with Crippen molar-refractivity contribution in [1.82, 2.24) is 10.2 Å². The number of benzene rings is 3. The van der Waals surface area contributed by atoms with Crippen LogP contribution >= 0.6 is 23.2 Å². The lowest BCUT2D eigenvalue weighted by molar-refractivity contribution is 0.101. The number of carbonyl (C=O) groups is 3. The Morgan fingerprint density at radius 3 is 2.11 bits per heavy atom. The van der Waals surface area contributed by atoms with Crippen molar-refractivity contribution in [2.24, 2.45) is 0 Å². The number of rotatable bonds is 6. The molecule has 0 fully saturated rings. The second-order valence-electron chi connectivity index (χ2n) is 8.22. The van der Waals surface area contributed by atoms with Gasteiger partial charge in [-0.1, -0.05) is 29.3 Å². The molecule has 4 aromatic rings. The summed E-state index contributed by atoms with van der Waals surface area (Å²) in [7, 11) is 0. The van der Waals surface area contributed by atoms with Crippen molar-refractivity contribution in [3.8, 4) is 0 Å². The van der Waals surface area contributed by atoms with Crippen LogP contribution in [-0.2, 0) is 0 Å². The summed E-state index contributed by atoms with van der Waals surface area (Å²) in [5, 5.41) is 14.8. The van der Waals surface area contributed by atoms with Gasteiger partial charge in [0.15, 0.2) is 0 Å². The Kier molecular flexibility index (Phi) is 7.47. The molecule has 1 aromatic heterocycles. The number of nitrogens with zero attached hydrogens (tertiary/aromatic N) is 1.